The van der Waals surface area contributed by atoms with Gasteiger partial charge in [0.15, 0.2) is 0 Å². The first-order valence-corrected chi connectivity index (χ1v) is 6.08. The smallest absolute Gasteiger partial charge is 0.236 e. The molecule has 0 aromatic heterocycles. The van der Waals surface area contributed by atoms with Crippen LogP contribution < -0.4 is 10.6 Å². The third kappa shape index (κ3) is 3.33. The van der Waals surface area contributed by atoms with Gasteiger partial charge in [0.05, 0.1) is 13.9 Å². The van der Waals surface area contributed by atoms with Crippen molar-refractivity contribution in [2.24, 2.45) is 0 Å². The number of hydrogen-bond acceptors (Lipinski definition) is 2. The summed E-state index contributed by atoms with van der Waals surface area (Å²) in [5.74, 6) is -0.0689. The number of rotatable bonds is 3. The number of carbonyl (C=O) groups is 1. The highest BCUT2D eigenvalue weighted by Gasteiger charge is 2.26. The Kier molecular flexibility index (Phi) is 4.21. The van der Waals surface area contributed by atoms with Gasteiger partial charge in [0.1, 0.15) is 0 Å². The average Bonchev–Trinajstić information content (AvgIpc) is 2.38. The van der Waals surface area contributed by atoms with Crippen LogP contribution in [0, 0.1) is 0 Å². The van der Waals surface area contributed by atoms with Crippen molar-refractivity contribution < 1.29 is 4.79 Å². The molecule has 4 heteroatoms. The molecule has 3 nitrogen and oxygen atoms in total. The standard InChI is InChI=1S/C13H17BN2O/c14-11-7-4-8-15-12(11)13(17)16-9-10-5-2-1-3-6-10/h1-3,5-6,11-12,15H,4,7-9H2,(H,16,17). The summed E-state index contributed by atoms with van der Waals surface area (Å²) in [5.41, 5.74) is 1.10. The zero-order valence-electron chi connectivity index (χ0n) is 9.86. The molecule has 1 saturated heterocycles. The van der Waals surface area contributed by atoms with E-state index in [-0.39, 0.29) is 17.8 Å². The predicted octanol–water partition coefficient (Wildman–Crippen LogP) is 1.01. The van der Waals surface area contributed by atoms with E-state index < -0.39 is 0 Å². The highest BCUT2D eigenvalue weighted by molar-refractivity contribution is 6.14. The lowest BCUT2D eigenvalue weighted by atomic mass is 9.75. The lowest BCUT2D eigenvalue weighted by Gasteiger charge is -2.29. The summed E-state index contributed by atoms with van der Waals surface area (Å²) in [6.07, 6.45) is 1.96. The van der Waals surface area contributed by atoms with Gasteiger partial charge in [-0.1, -0.05) is 42.6 Å². The van der Waals surface area contributed by atoms with Gasteiger partial charge in [-0.2, -0.15) is 0 Å². The predicted molar refractivity (Wildman–Crippen MR) is 68.8 cm³/mol. The van der Waals surface area contributed by atoms with Crippen LogP contribution in [0.25, 0.3) is 0 Å². The summed E-state index contributed by atoms with van der Waals surface area (Å²) in [7, 11) is 5.93. The summed E-state index contributed by atoms with van der Waals surface area (Å²) in [5, 5.41) is 6.09. The third-order valence-electron chi connectivity index (χ3n) is 3.10. The first kappa shape index (κ1) is 12.2. The van der Waals surface area contributed by atoms with Crippen LogP contribution in [0.15, 0.2) is 30.3 Å². The summed E-state index contributed by atoms with van der Waals surface area (Å²) < 4.78 is 0. The fourth-order valence-electron chi connectivity index (χ4n) is 2.10. The van der Waals surface area contributed by atoms with Gasteiger partial charge in [0.25, 0.3) is 0 Å². The second kappa shape index (κ2) is 5.87. The van der Waals surface area contributed by atoms with Crippen LogP contribution in [0.4, 0.5) is 0 Å². The number of benzene rings is 1. The molecule has 1 heterocycles. The number of amides is 1. The summed E-state index contributed by atoms with van der Waals surface area (Å²) in [6, 6.07) is 9.64. The topological polar surface area (TPSA) is 41.1 Å². The molecule has 2 radical (unpaired) electrons. The Balaban J connectivity index is 1.84. The van der Waals surface area contributed by atoms with Crippen molar-refractivity contribution in [2.75, 3.05) is 6.54 Å². The van der Waals surface area contributed by atoms with E-state index in [1.54, 1.807) is 0 Å². The molecule has 1 aliphatic rings. The van der Waals surface area contributed by atoms with Crippen molar-refractivity contribution in [1.82, 2.24) is 10.6 Å². The quantitative estimate of drug-likeness (QED) is 0.758. The Bertz CT molecular complexity index is 369. The zero-order chi connectivity index (χ0) is 12.1. The number of piperidine rings is 1. The average molecular weight is 228 g/mol. The summed E-state index contributed by atoms with van der Waals surface area (Å²) in [4.78, 5) is 11.9. The van der Waals surface area contributed by atoms with Crippen LogP contribution in [0.2, 0.25) is 5.82 Å². The molecule has 1 aromatic carbocycles. The maximum atomic E-state index is 11.9. The van der Waals surface area contributed by atoms with E-state index in [1.807, 2.05) is 30.3 Å². The molecule has 0 aliphatic carbocycles. The molecule has 1 aliphatic heterocycles. The van der Waals surface area contributed by atoms with Crippen LogP contribution in [0.3, 0.4) is 0 Å². The first-order chi connectivity index (χ1) is 8.27. The molecule has 0 saturated carbocycles. The molecule has 1 aromatic rings. The van der Waals surface area contributed by atoms with Crippen molar-refractivity contribution in [3.63, 3.8) is 0 Å². The minimum absolute atomic E-state index is 0.000975. The van der Waals surface area contributed by atoms with Gasteiger partial charge in [-0.15, -0.1) is 0 Å². The fraction of sp³-hybridized carbons (Fsp3) is 0.462. The van der Waals surface area contributed by atoms with Crippen molar-refractivity contribution in [2.45, 2.75) is 31.2 Å². The highest BCUT2D eigenvalue weighted by Crippen LogP contribution is 2.18. The maximum Gasteiger partial charge on any atom is 0.236 e. The van der Waals surface area contributed by atoms with Crippen molar-refractivity contribution >= 4 is 13.8 Å². The van der Waals surface area contributed by atoms with Crippen LogP contribution in [0.1, 0.15) is 18.4 Å². The molecule has 2 N–H and O–H groups in total. The molecular formula is C13H17BN2O. The van der Waals surface area contributed by atoms with Crippen LogP contribution >= 0.6 is 0 Å². The second-order valence-corrected chi connectivity index (χ2v) is 4.44. The fourth-order valence-corrected chi connectivity index (χ4v) is 2.10. The van der Waals surface area contributed by atoms with Crippen molar-refractivity contribution in [3.8, 4) is 0 Å². The van der Waals surface area contributed by atoms with Crippen LogP contribution in [-0.2, 0) is 11.3 Å². The molecule has 1 amide bonds. The van der Waals surface area contributed by atoms with Gasteiger partial charge in [-0.25, -0.2) is 0 Å². The monoisotopic (exact) mass is 228 g/mol. The molecule has 2 rings (SSSR count). The first-order valence-electron chi connectivity index (χ1n) is 6.08. The molecule has 1 fully saturated rings. The second-order valence-electron chi connectivity index (χ2n) is 4.44. The van der Waals surface area contributed by atoms with Crippen LogP contribution in [0.5, 0.6) is 0 Å². The Morgan fingerprint density at radius 1 is 1.41 bits per heavy atom. The molecule has 17 heavy (non-hydrogen) atoms. The molecule has 2 unspecified atom stereocenters. The molecular weight excluding hydrogens is 211 g/mol. The Hall–Kier alpha value is -1.29. The van der Waals surface area contributed by atoms with Gasteiger partial charge < -0.3 is 10.6 Å². The van der Waals surface area contributed by atoms with Gasteiger partial charge >= 0.3 is 0 Å². The summed E-state index contributed by atoms with van der Waals surface area (Å²) >= 11 is 0. The van der Waals surface area contributed by atoms with Crippen molar-refractivity contribution in [1.29, 1.82) is 0 Å². The van der Waals surface area contributed by atoms with Crippen molar-refractivity contribution in [3.05, 3.63) is 35.9 Å². The van der Waals surface area contributed by atoms with E-state index in [4.69, 9.17) is 7.85 Å². The maximum absolute atomic E-state index is 11.9. The van der Waals surface area contributed by atoms with Gasteiger partial charge in [-0.05, 0) is 18.5 Å². The number of nitrogens with one attached hydrogen (secondary N) is 2. The van der Waals surface area contributed by atoms with Gasteiger partial charge in [0, 0.05) is 6.54 Å². The van der Waals surface area contributed by atoms with E-state index in [1.165, 1.54) is 0 Å². The molecule has 0 spiro atoms. The van der Waals surface area contributed by atoms with E-state index in [2.05, 4.69) is 10.6 Å². The Morgan fingerprint density at radius 2 is 2.18 bits per heavy atom. The highest BCUT2D eigenvalue weighted by atomic mass is 16.2. The van der Waals surface area contributed by atoms with E-state index >= 15 is 0 Å². The largest absolute Gasteiger partial charge is 0.351 e. The zero-order valence-corrected chi connectivity index (χ0v) is 9.86. The number of hydrogen-bond donors (Lipinski definition) is 2. The van der Waals surface area contributed by atoms with Gasteiger partial charge in [0.2, 0.25) is 5.91 Å². The van der Waals surface area contributed by atoms with E-state index in [9.17, 15) is 4.79 Å². The number of carbonyl (C=O) groups excluding carboxylic acids is 1. The van der Waals surface area contributed by atoms with Crippen LogP contribution in [-0.4, -0.2) is 26.3 Å². The lowest BCUT2D eigenvalue weighted by molar-refractivity contribution is -0.123. The van der Waals surface area contributed by atoms with Gasteiger partial charge in [-0.3, -0.25) is 4.79 Å². The van der Waals surface area contributed by atoms with E-state index in [0.717, 1.165) is 24.9 Å². The Morgan fingerprint density at radius 3 is 2.88 bits per heavy atom. The minimum atomic E-state index is -0.243. The summed E-state index contributed by atoms with van der Waals surface area (Å²) in [6.45, 7) is 1.43. The molecule has 88 valence electrons. The molecule has 2 atom stereocenters. The minimum Gasteiger partial charge on any atom is -0.351 e. The lowest BCUT2D eigenvalue weighted by Crippen LogP contribution is -2.49. The third-order valence-corrected chi connectivity index (χ3v) is 3.10. The normalized spacial score (nSPS) is 24.2. The Labute approximate surface area is 103 Å². The molecule has 0 bridgehead atoms. The van der Waals surface area contributed by atoms with E-state index in [0.29, 0.717) is 6.54 Å². The SMILES string of the molecule is [B]C1CCCNC1C(=O)NCc1ccccc1.